The van der Waals surface area contributed by atoms with E-state index in [1.54, 1.807) is 6.33 Å². The van der Waals surface area contributed by atoms with Gasteiger partial charge in [-0.15, -0.1) is 0 Å². The van der Waals surface area contributed by atoms with E-state index in [-0.39, 0.29) is 3.42 Å². The van der Waals surface area contributed by atoms with Gasteiger partial charge in [-0.3, -0.25) is 0 Å². The Morgan fingerprint density at radius 2 is 1.80 bits per heavy atom. The summed E-state index contributed by atoms with van der Waals surface area (Å²) in [6, 6.07) is 0. The highest BCUT2D eigenvalue weighted by molar-refractivity contribution is 14.1. The fourth-order valence-corrected chi connectivity index (χ4v) is 0.885. The van der Waals surface area contributed by atoms with Gasteiger partial charge in [0, 0.05) is 21.4 Å². The second-order valence-electron chi connectivity index (χ2n) is 2.60. The second kappa shape index (κ2) is 2.82. The van der Waals surface area contributed by atoms with Crippen LogP contribution in [0.1, 0.15) is 19.4 Å². The average molecular weight is 248 g/mol. The van der Waals surface area contributed by atoms with Crippen molar-refractivity contribution in [2.45, 2.75) is 17.3 Å². The lowest BCUT2D eigenvalue weighted by Gasteiger charge is -2.14. The van der Waals surface area contributed by atoms with E-state index in [1.165, 1.54) is 0 Å². The van der Waals surface area contributed by atoms with Crippen molar-refractivity contribution in [2.75, 3.05) is 0 Å². The molecule has 0 aliphatic rings. The largest absolute Gasteiger partial charge is 0.244 e. The van der Waals surface area contributed by atoms with Crippen molar-refractivity contribution in [3.8, 4) is 0 Å². The minimum Gasteiger partial charge on any atom is -0.244 e. The lowest BCUT2D eigenvalue weighted by Crippen LogP contribution is -2.06. The first-order chi connectivity index (χ1) is 4.61. The van der Waals surface area contributed by atoms with Crippen molar-refractivity contribution in [1.82, 2.24) is 9.97 Å². The highest BCUT2D eigenvalue weighted by Crippen LogP contribution is 2.28. The van der Waals surface area contributed by atoms with Gasteiger partial charge in [0.1, 0.15) is 6.33 Å². The molecule has 0 aromatic carbocycles. The number of halogens is 1. The van der Waals surface area contributed by atoms with Crippen LogP contribution in [-0.4, -0.2) is 9.97 Å². The molecule has 0 saturated carbocycles. The number of rotatable bonds is 1. The monoisotopic (exact) mass is 248 g/mol. The van der Waals surface area contributed by atoms with Crippen molar-refractivity contribution in [3.63, 3.8) is 0 Å². The van der Waals surface area contributed by atoms with E-state index in [2.05, 4.69) is 46.4 Å². The molecule has 0 aliphatic carbocycles. The molecular weight excluding hydrogens is 239 g/mol. The third kappa shape index (κ3) is 1.90. The number of hydrogen-bond acceptors (Lipinski definition) is 2. The van der Waals surface area contributed by atoms with Crippen molar-refractivity contribution < 1.29 is 0 Å². The molecule has 0 N–H and O–H groups in total. The molecule has 0 radical (unpaired) electrons. The standard InChI is InChI=1S/C7H9IN2/c1-7(2,8)6-3-9-5-10-4-6/h3-5H,1-2H3. The van der Waals surface area contributed by atoms with Gasteiger partial charge in [-0.1, -0.05) is 22.6 Å². The van der Waals surface area contributed by atoms with Gasteiger partial charge in [0.2, 0.25) is 0 Å². The summed E-state index contributed by atoms with van der Waals surface area (Å²) >= 11 is 2.36. The zero-order chi connectivity index (χ0) is 7.61. The lowest BCUT2D eigenvalue weighted by molar-refractivity contribution is 0.809. The molecule has 0 fully saturated rings. The quantitative estimate of drug-likeness (QED) is 0.562. The van der Waals surface area contributed by atoms with Crippen LogP contribution in [0.5, 0.6) is 0 Å². The van der Waals surface area contributed by atoms with E-state index in [1.807, 2.05) is 12.4 Å². The molecule has 0 amide bonds. The zero-order valence-corrected chi connectivity index (χ0v) is 8.16. The molecule has 1 aromatic rings. The SMILES string of the molecule is CC(C)(I)c1cncnc1. The van der Waals surface area contributed by atoms with Gasteiger partial charge in [-0.25, -0.2) is 9.97 Å². The topological polar surface area (TPSA) is 25.8 Å². The van der Waals surface area contributed by atoms with Gasteiger partial charge in [0.25, 0.3) is 0 Å². The summed E-state index contributed by atoms with van der Waals surface area (Å²) in [5.41, 5.74) is 1.16. The summed E-state index contributed by atoms with van der Waals surface area (Å²) in [5.74, 6) is 0. The summed E-state index contributed by atoms with van der Waals surface area (Å²) in [4.78, 5) is 7.87. The maximum Gasteiger partial charge on any atom is 0.115 e. The third-order valence-electron chi connectivity index (χ3n) is 1.25. The molecule has 10 heavy (non-hydrogen) atoms. The van der Waals surface area contributed by atoms with E-state index in [4.69, 9.17) is 0 Å². The first-order valence-electron chi connectivity index (χ1n) is 3.05. The molecule has 3 heteroatoms. The Bertz CT molecular complexity index is 203. The molecule has 0 saturated heterocycles. The van der Waals surface area contributed by atoms with E-state index < -0.39 is 0 Å². The third-order valence-corrected chi connectivity index (χ3v) is 1.87. The molecule has 1 heterocycles. The van der Waals surface area contributed by atoms with Crippen molar-refractivity contribution in [3.05, 3.63) is 24.3 Å². The normalized spacial score (nSPS) is 11.5. The molecule has 0 aliphatic heterocycles. The van der Waals surface area contributed by atoms with Crippen LogP contribution in [0.3, 0.4) is 0 Å². The predicted octanol–water partition coefficient (Wildman–Crippen LogP) is 2.15. The second-order valence-corrected chi connectivity index (χ2v) is 5.30. The summed E-state index contributed by atoms with van der Waals surface area (Å²) in [6.07, 6.45) is 5.24. The van der Waals surface area contributed by atoms with Crippen molar-refractivity contribution in [2.24, 2.45) is 0 Å². The first-order valence-corrected chi connectivity index (χ1v) is 4.13. The number of hydrogen-bond donors (Lipinski definition) is 0. The number of aromatic nitrogens is 2. The maximum absolute atomic E-state index is 3.94. The van der Waals surface area contributed by atoms with Crippen LogP contribution in [0.4, 0.5) is 0 Å². The van der Waals surface area contributed by atoms with E-state index in [0.717, 1.165) is 5.56 Å². The Labute approximate surface area is 74.2 Å². The van der Waals surface area contributed by atoms with Gasteiger partial charge in [-0.2, -0.15) is 0 Å². The molecular formula is C7H9IN2. The highest BCUT2D eigenvalue weighted by atomic mass is 127. The van der Waals surface area contributed by atoms with Crippen LogP contribution in [0.25, 0.3) is 0 Å². The van der Waals surface area contributed by atoms with Crippen molar-refractivity contribution in [1.29, 1.82) is 0 Å². The summed E-state index contributed by atoms with van der Waals surface area (Å²) in [7, 11) is 0. The van der Waals surface area contributed by atoms with Gasteiger partial charge in [0.15, 0.2) is 0 Å². The van der Waals surface area contributed by atoms with Crippen LogP contribution in [-0.2, 0) is 3.42 Å². The number of alkyl halides is 1. The molecule has 0 spiro atoms. The van der Waals surface area contributed by atoms with Gasteiger partial charge in [0.05, 0.1) is 0 Å². The van der Waals surface area contributed by atoms with Crippen molar-refractivity contribution >= 4 is 22.6 Å². The minimum absolute atomic E-state index is 0.138. The molecule has 0 bridgehead atoms. The molecule has 1 rings (SSSR count). The van der Waals surface area contributed by atoms with E-state index in [9.17, 15) is 0 Å². The van der Waals surface area contributed by atoms with Gasteiger partial charge < -0.3 is 0 Å². The summed E-state index contributed by atoms with van der Waals surface area (Å²) in [5, 5.41) is 0. The highest BCUT2D eigenvalue weighted by Gasteiger charge is 2.15. The van der Waals surface area contributed by atoms with Crippen LogP contribution < -0.4 is 0 Å². The minimum atomic E-state index is 0.138. The Hall–Kier alpha value is -0.190. The maximum atomic E-state index is 3.94. The lowest BCUT2D eigenvalue weighted by atomic mass is 10.1. The number of nitrogens with zero attached hydrogens (tertiary/aromatic N) is 2. The predicted molar refractivity (Wildman–Crippen MR) is 49.1 cm³/mol. The Morgan fingerprint density at radius 3 is 2.10 bits per heavy atom. The fourth-order valence-electron chi connectivity index (χ4n) is 0.606. The Balaban J connectivity index is 2.97. The van der Waals surface area contributed by atoms with Crippen LogP contribution in [0.2, 0.25) is 0 Å². The summed E-state index contributed by atoms with van der Waals surface area (Å²) in [6.45, 7) is 4.26. The molecule has 1 aromatic heterocycles. The zero-order valence-electron chi connectivity index (χ0n) is 6.00. The van der Waals surface area contributed by atoms with Crippen LogP contribution in [0, 0.1) is 0 Å². The average Bonchev–Trinajstić information content (AvgIpc) is 1.88. The van der Waals surface area contributed by atoms with Crippen LogP contribution in [0.15, 0.2) is 18.7 Å². The first kappa shape index (κ1) is 7.91. The van der Waals surface area contributed by atoms with Gasteiger partial charge >= 0.3 is 0 Å². The van der Waals surface area contributed by atoms with E-state index in [0.29, 0.717) is 0 Å². The molecule has 0 unspecified atom stereocenters. The smallest absolute Gasteiger partial charge is 0.115 e. The van der Waals surface area contributed by atoms with Gasteiger partial charge in [-0.05, 0) is 13.8 Å². The molecule has 2 nitrogen and oxygen atoms in total. The molecule has 0 atom stereocenters. The molecule has 54 valence electrons. The Morgan fingerprint density at radius 1 is 1.30 bits per heavy atom. The Kier molecular flexibility index (Phi) is 2.23. The van der Waals surface area contributed by atoms with Crippen LogP contribution >= 0.6 is 22.6 Å². The van der Waals surface area contributed by atoms with E-state index >= 15 is 0 Å². The summed E-state index contributed by atoms with van der Waals surface area (Å²) < 4.78 is 0.138. The fraction of sp³-hybridized carbons (Fsp3) is 0.429.